The van der Waals surface area contributed by atoms with Crippen LogP contribution in [0.25, 0.3) is 5.52 Å². The zero-order chi connectivity index (χ0) is 8.55. The lowest BCUT2D eigenvalue weighted by molar-refractivity contribution is 0.0697. The molecule has 0 atom stereocenters. The number of rotatable bonds is 1. The number of carbonyl (C=O) groups is 1. The van der Waals surface area contributed by atoms with Gasteiger partial charge < -0.3 is 9.51 Å². The number of hydrogen-bond donors (Lipinski definition) is 1. The maximum absolute atomic E-state index is 10.6. The van der Waals surface area contributed by atoms with E-state index in [4.69, 9.17) is 5.11 Å². The fourth-order valence-corrected chi connectivity index (χ4v) is 1.17. The number of nitrogens with zero attached hydrogens (tertiary/aromatic N) is 1. The van der Waals surface area contributed by atoms with Crippen LogP contribution in [0.1, 0.15) is 10.4 Å². The summed E-state index contributed by atoms with van der Waals surface area (Å²) in [4.78, 5) is 10.6. The van der Waals surface area contributed by atoms with Crippen molar-refractivity contribution in [3.63, 3.8) is 0 Å². The van der Waals surface area contributed by atoms with Crippen molar-refractivity contribution in [1.82, 2.24) is 4.40 Å². The standard InChI is InChI=1S/C9H7NO2.ClH/c11-9(12)7-3-5-10-4-1-2-8(10)6-7;/h1-6H,(H,11,12);1H. The second-order valence-corrected chi connectivity index (χ2v) is 2.56. The molecule has 0 saturated carbocycles. The molecular weight excluding hydrogens is 190 g/mol. The number of carboxylic acids is 1. The molecule has 0 radical (unpaired) electrons. The molecule has 1 N–H and O–H groups in total. The highest BCUT2D eigenvalue weighted by atomic mass is 35.5. The Morgan fingerprint density at radius 1 is 1.31 bits per heavy atom. The van der Waals surface area contributed by atoms with E-state index < -0.39 is 5.97 Å². The van der Waals surface area contributed by atoms with E-state index in [9.17, 15) is 4.79 Å². The molecule has 2 aromatic heterocycles. The number of pyridine rings is 1. The summed E-state index contributed by atoms with van der Waals surface area (Å²) in [5.41, 5.74) is 1.22. The highest BCUT2D eigenvalue weighted by Gasteiger charge is 2.01. The quantitative estimate of drug-likeness (QED) is 0.761. The summed E-state index contributed by atoms with van der Waals surface area (Å²) in [6.07, 6.45) is 3.61. The van der Waals surface area contributed by atoms with Crippen LogP contribution in [-0.2, 0) is 0 Å². The smallest absolute Gasteiger partial charge is 0.335 e. The first kappa shape index (κ1) is 9.61. The van der Waals surface area contributed by atoms with Gasteiger partial charge in [0.25, 0.3) is 0 Å². The van der Waals surface area contributed by atoms with Gasteiger partial charge in [0, 0.05) is 17.9 Å². The number of hydrogen-bond acceptors (Lipinski definition) is 1. The molecule has 2 rings (SSSR count). The van der Waals surface area contributed by atoms with Gasteiger partial charge in [-0.05, 0) is 24.3 Å². The summed E-state index contributed by atoms with van der Waals surface area (Å²) in [7, 11) is 0. The van der Waals surface area contributed by atoms with E-state index in [1.54, 1.807) is 18.3 Å². The SMILES string of the molecule is Cl.O=C(O)c1ccn2cccc2c1. The normalized spacial score (nSPS) is 9.54. The Hall–Kier alpha value is -1.48. The minimum absolute atomic E-state index is 0. The van der Waals surface area contributed by atoms with E-state index in [2.05, 4.69) is 0 Å². The minimum Gasteiger partial charge on any atom is -0.478 e. The summed E-state index contributed by atoms with van der Waals surface area (Å²) < 4.78 is 1.87. The highest BCUT2D eigenvalue weighted by molar-refractivity contribution is 5.88. The number of carboxylic acid groups (broad SMARTS) is 1. The van der Waals surface area contributed by atoms with Crippen LogP contribution in [-0.4, -0.2) is 15.5 Å². The molecule has 0 aliphatic carbocycles. The summed E-state index contributed by atoms with van der Waals surface area (Å²) in [5.74, 6) is -0.890. The van der Waals surface area contributed by atoms with Crippen LogP contribution in [0.15, 0.2) is 36.7 Å². The van der Waals surface area contributed by atoms with Crippen LogP contribution in [0, 0.1) is 0 Å². The van der Waals surface area contributed by atoms with Gasteiger partial charge in [0.2, 0.25) is 0 Å². The van der Waals surface area contributed by atoms with Crippen molar-refractivity contribution < 1.29 is 9.90 Å². The van der Waals surface area contributed by atoms with Gasteiger partial charge in [0.15, 0.2) is 0 Å². The zero-order valence-corrected chi connectivity index (χ0v) is 7.49. The molecule has 68 valence electrons. The van der Waals surface area contributed by atoms with E-state index in [1.807, 2.05) is 22.7 Å². The molecule has 0 unspecified atom stereocenters. The van der Waals surface area contributed by atoms with Crippen molar-refractivity contribution in [3.05, 3.63) is 42.2 Å². The van der Waals surface area contributed by atoms with E-state index >= 15 is 0 Å². The minimum atomic E-state index is -0.890. The molecule has 4 heteroatoms. The predicted octanol–water partition coefficient (Wildman–Crippen LogP) is 2.06. The Kier molecular flexibility index (Phi) is 2.58. The Bertz CT molecular complexity index is 436. The monoisotopic (exact) mass is 197 g/mol. The largest absolute Gasteiger partial charge is 0.478 e. The van der Waals surface area contributed by atoms with Gasteiger partial charge in [-0.15, -0.1) is 12.4 Å². The van der Waals surface area contributed by atoms with E-state index in [0.29, 0.717) is 5.56 Å². The fraction of sp³-hybridized carbons (Fsp3) is 0. The molecule has 13 heavy (non-hydrogen) atoms. The van der Waals surface area contributed by atoms with Crippen molar-refractivity contribution in [3.8, 4) is 0 Å². The van der Waals surface area contributed by atoms with Gasteiger partial charge in [-0.1, -0.05) is 0 Å². The molecule has 0 bridgehead atoms. The van der Waals surface area contributed by atoms with Crippen LogP contribution >= 0.6 is 12.4 Å². The average molecular weight is 198 g/mol. The lowest BCUT2D eigenvalue weighted by atomic mass is 10.2. The van der Waals surface area contributed by atoms with Gasteiger partial charge >= 0.3 is 5.97 Å². The second-order valence-electron chi connectivity index (χ2n) is 2.56. The third kappa shape index (κ3) is 1.65. The van der Waals surface area contributed by atoms with E-state index in [-0.39, 0.29) is 12.4 Å². The zero-order valence-electron chi connectivity index (χ0n) is 6.68. The molecule has 0 saturated heterocycles. The summed E-state index contributed by atoms with van der Waals surface area (Å²) in [5, 5.41) is 8.67. The van der Waals surface area contributed by atoms with Gasteiger partial charge in [-0.25, -0.2) is 4.79 Å². The molecule has 3 nitrogen and oxygen atoms in total. The topological polar surface area (TPSA) is 41.7 Å². The van der Waals surface area contributed by atoms with Crippen molar-refractivity contribution in [2.75, 3.05) is 0 Å². The predicted molar refractivity (Wildman–Crippen MR) is 51.6 cm³/mol. The van der Waals surface area contributed by atoms with Crippen molar-refractivity contribution in [2.24, 2.45) is 0 Å². The molecular formula is C9H8ClNO2. The van der Waals surface area contributed by atoms with Crippen molar-refractivity contribution >= 4 is 23.9 Å². The van der Waals surface area contributed by atoms with Crippen LogP contribution < -0.4 is 0 Å². The first-order valence-electron chi connectivity index (χ1n) is 3.57. The molecule has 0 aliphatic rings. The van der Waals surface area contributed by atoms with Crippen LogP contribution in [0.4, 0.5) is 0 Å². The second kappa shape index (κ2) is 3.49. The Balaban J connectivity index is 0.000000845. The third-order valence-corrected chi connectivity index (χ3v) is 1.78. The molecule has 0 fully saturated rings. The lowest BCUT2D eigenvalue weighted by Gasteiger charge is -1.96. The summed E-state index contributed by atoms with van der Waals surface area (Å²) >= 11 is 0. The van der Waals surface area contributed by atoms with Gasteiger partial charge in [0.1, 0.15) is 0 Å². The number of aromatic nitrogens is 1. The summed E-state index contributed by atoms with van der Waals surface area (Å²) in [6.45, 7) is 0. The maximum atomic E-state index is 10.6. The molecule has 0 aliphatic heterocycles. The van der Waals surface area contributed by atoms with Gasteiger partial charge in [-0.2, -0.15) is 0 Å². The molecule has 2 heterocycles. The Labute approximate surface area is 81.0 Å². The van der Waals surface area contributed by atoms with Crippen molar-refractivity contribution in [1.29, 1.82) is 0 Å². The maximum Gasteiger partial charge on any atom is 0.335 e. The van der Waals surface area contributed by atoms with E-state index in [1.165, 1.54) is 0 Å². The van der Waals surface area contributed by atoms with Crippen molar-refractivity contribution in [2.45, 2.75) is 0 Å². The fourth-order valence-electron chi connectivity index (χ4n) is 1.17. The third-order valence-electron chi connectivity index (χ3n) is 1.78. The van der Waals surface area contributed by atoms with Gasteiger partial charge in [0.05, 0.1) is 5.56 Å². The molecule has 0 amide bonds. The lowest BCUT2D eigenvalue weighted by Crippen LogP contribution is -1.96. The number of halogens is 1. The van der Waals surface area contributed by atoms with Crippen LogP contribution in [0.2, 0.25) is 0 Å². The Morgan fingerprint density at radius 2 is 2.08 bits per heavy atom. The number of fused-ring (bicyclic) bond motifs is 1. The first-order valence-corrected chi connectivity index (χ1v) is 3.57. The van der Waals surface area contributed by atoms with Gasteiger partial charge in [-0.3, -0.25) is 0 Å². The molecule has 0 spiro atoms. The Morgan fingerprint density at radius 3 is 2.77 bits per heavy atom. The van der Waals surface area contributed by atoms with Crippen LogP contribution in [0.5, 0.6) is 0 Å². The first-order chi connectivity index (χ1) is 5.77. The molecule has 2 aromatic rings. The number of aromatic carboxylic acids is 1. The average Bonchev–Trinajstić information content (AvgIpc) is 2.49. The van der Waals surface area contributed by atoms with Crippen LogP contribution in [0.3, 0.4) is 0 Å². The summed E-state index contributed by atoms with van der Waals surface area (Å²) in [6, 6.07) is 6.96. The molecule has 0 aromatic carbocycles. The highest BCUT2D eigenvalue weighted by Crippen LogP contribution is 2.07. The van der Waals surface area contributed by atoms with E-state index in [0.717, 1.165) is 5.52 Å².